The minimum Gasteiger partial charge on any atom is -0.373 e. The number of piperidine rings is 1. The molecular weight excluding hydrogens is 262 g/mol. The average molecular weight is 289 g/mol. The van der Waals surface area contributed by atoms with Crippen LogP contribution in [0.3, 0.4) is 0 Å². The van der Waals surface area contributed by atoms with E-state index in [9.17, 15) is 4.79 Å². The van der Waals surface area contributed by atoms with Gasteiger partial charge >= 0.3 is 0 Å². The summed E-state index contributed by atoms with van der Waals surface area (Å²) in [5, 5.41) is 3.06. The van der Waals surface area contributed by atoms with Gasteiger partial charge in [-0.15, -0.1) is 0 Å². The molecule has 0 aliphatic carbocycles. The molecule has 4 heteroatoms. The van der Waals surface area contributed by atoms with Crippen LogP contribution in [0.25, 0.3) is 0 Å². The van der Waals surface area contributed by atoms with Crippen molar-refractivity contribution in [1.82, 2.24) is 9.88 Å². The van der Waals surface area contributed by atoms with Crippen LogP contribution in [0.4, 0.5) is 5.82 Å². The Hall–Kier alpha value is -1.58. The molecule has 1 N–H and O–H groups in total. The lowest BCUT2D eigenvalue weighted by molar-refractivity contribution is 0.0510. The fourth-order valence-corrected chi connectivity index (χ4v) is 3.19. The first-order chi connectivity index (χ1) is 10.1. The number of amides is 1. The highest BCUT2D eigenvalue weighted by Gasteiger charge is 2.29. The van der Waals surface area contributed by atoms with E-state index in [0.29, 0.717) is 12.1 Å². The molecule has 1 aromatic rings. The molecule has 116 valence electrons. The third-order valence-corrected chi connectivity index (χ3v) is 4.32. The summed E-state index contributed by atoms with van der Waals surface area (Å²) in [7, 11) is 1.85. The Morgan fingerprint density at radius 1 is 1.33 bits per heavy atom. The molecule has 2 heterocycles. The van der Waals surface area contributed by atoms with Crippen molar-refractivity contribution >= 4 is 11.7 Å². The van der Waals surface area contributed by atoms with E-state index < -0.39 is 0 Å². The van der Waals surface area contributed by atoms with Gasteiger partial charge in [-0.25, -0.2) is 4.98 Å². The number of likely N-dealkylation sites (tertiary alicyclic amines) is 1. The molecule has 0 spiro atoms. The predicted octanol–water partition coefficient (Wildman–Crippen LogP) is 3.48. The molecule has 1 fully saturated rings. The van der Waals surface area contributed by atoms with Crippen LogP contribution in [0, 0.1) is 0 Å². The summed E-state index contributed by atoms with van der Waals surface area (Å²) < 4.78 is 0. The largest absolute Gasteiger partial charge is 0.373 e. The fourth-order valence-electron chi connectivity index (χ4n) is 3.19. The molecule has 1 aliphatic rings. The molecule has 2 rings (SSSR count). The normalized spacial score (nSPS) is 22.2. The number of anilines is 1. The van der Waals surface area contributed by atoms with E-state index >= 15 is 0 Å². The molecule has 4 nitrogen and oxygen atoms in total. The van der Waals surface area contributed by atoms with E-state index in [0.717, 1.165) is 42.8 Å². The summed E-state index contributed by atoms with van der Waals surface area (Å²) in [4.78, 5) is 19.5. The Bertz CT molecular complexity index is 491. The third-order valence-electron chi connectivity index (χ3n) is 4.32. The maximum absolute atomic E-state index is 12.9. The van der Waals surface area contributed by atoms with Crippen LogP contribution >= 0.6 is 0 Å². The Kier molecular flexibility index (Phi) is 5.21. The smallest absolute Gasteiger partial charge is 0.254 e. The molecule has 0 bridgehead atoms. The number of nitrogens with zero attached hydrogens (tertiary/aromatic N) is 2. The van der Waals surface area contributed by atoms with Crippen molar-refractivity contribution in [2.24, 2.45) is 0 Å². The lowest BCUT2D eigenvalue weighted by Crippen LogP contribution is -2.47. The molecule has 1 amide bonds. The first-order valence-electron chi connectivity index (χ1n) is 8.08. The average Bonchev–Trinajstić information content (AvgIpc) is 2.47. The molecule has 1 saturated heterocycles. The highest BCUT2D eigenvalue weighted by molar-refractivity contribution is 5.95. The number of carbonyl (C=O) groups is 1. The van der Waals surface area contributed by atoms with Gasteiger partial charge in [0.25, 0.3) is 5.91 Å². The van der Waals surface area contributed by atoms with Gasteiger partial charge in [0.15, 0.2) is 0 Å². The monoisotopic (exact) mass is 289 g/mol. The quantitative estimate of drug-likeness (QED) is 0.923. The molecule has 0 unspecified atom stereocenters. The minimum atomic E-state index is 0.144. The van der Waals surface area contributed by atoms with Gasteiger partial charge in [-0.2, -0.15) is 0 Å². The van der Waals surface area contributed by atoms with Crippen LogP contribution in [0.2, 0.25) is 0 Å². The number of hydrogen-bond acceptors (Lipinski definition) is 3. The van der Waals surface area contributed by atoms with Gasteiger partial charge in [0.05, 0.1) is 0 Å². The van der Waals surface area contributed by atoms with Crippen LogP contribution in [0.5, 0.6) is 0 Å². The van der Waals surface area contributed by atoms with Crippen LogP contribution < -0.4 is 5.32 Å². The van der Waals surface area contributed by atoms with Gasteiger partial charge < -0.3 is 10.2 Å². The highest BCUT2D eigenvalue weighted by atomic mass is 16.2. The second kappa shape index (κ2) is 6.92. The number of hydrogen-bond donors (Lipinski definition) is 1. The summed E-state index contributed by atoms with van der Waals surface area (Å²) in [6, 6.07) is 4.47. The highest BCUT2D eigenvalue weighted by Crippen LogP contribution is 2.25. The Morgan fingerprint density at radius 3 is 2.57 bits per heavy atom. The zero-order valence-corrected chi connectivity index (χ0v) is 13.6. The molecular formula is C17H27N3O. The zero-order chi connectivity index (χ0) is 15.4. The van der Waals surface area contributed by atoms with Crippen molar-refractivity contribution in [3.8, 4) is 0 Å². The van der Waals surface area contributed by atoms with Crippen LogP contribution in [0.15, 0.2) is 12.1 Å². The van der Waals surface area contributed by atoms with E-state index in [1.165, 1.54) is 6.42 Å². The Morgan fingerprint density at radius 2 is 2.00 bits per heavy atom. The molecule has 1 aromatic heterocycles. The van der Waals surface area contributed by atoms with Crippen LogP contribution in [-0.4, -0.2) is 34.9 Å². The number of aryl methyl sites for hydroxylation is 1. The minimum absolute atomic E-state index is 0.144. The predicted molar refractivity (Wildman–Crippen MR) is 86.7 cm³/mol. The van der Waals surface area contributed by atoms with Gasteiger partial charge in [0.2, 0.25) is 0 Å². The number of nitrogens with one attached hydrogen (secondary N) is 1. The molecule has 1 aliphatic heterocycles. The van der Waals surface area contributed by atoms with Gasteiger partial charge in [0.1, 0.15) is 5.82 Å². The van der Waals surface area contributed by atoms with Crippen molar-refractivity contribution in [2.75, 3.05) is 12.4 Å². The van der Waals surface area contributed by atoms with E-state index in [1.54, 1.807) is 0 Å². The zero-order valence-electron chi connectivity index (χ0n) is 13.6. The Balaban J connectivity index is 2.30. The van der Waals surface area contributed by atoms with E-state index in [-0.39, 0.29) is 5.91 Å². The van der Waals surface area contributed by atoms with Gasteiger partial charge in [-0.3, -0.25) is 4.79 Å². The summed E-state index contributed by atoms with van der Waals surface area (Å²) in [6.07, 6.45) is 5.35. The lowest BCUT2D eigenvalue weighted by Gasteiger charge is -2.39. The van der Waals surface area contributed by atoms with Crippen molar-refractivity contribution in [3.05, 3.63) is 23.4 Å². The van der Waals surface area contributed by atoms with Crippen LogP contribution in [0.1, 0.15) is 62.5 Å². The van der Waals surface area contributed by atoms with Crippen molar-refractivity contribution < 1.29 is 4.79 Å². The molecule has 21 heavy (non-hydrogen) atoms. The van der Waals surface area contributed by atoms with E-state index in [4.69, 9.17) is 0 Å². The van der Waals surface area contributed by atoms with Gasteiger partial charge in [0, 0.05) is 30.4 Å². The maximum Gasteiger partial charge on any atom is 0.254 e. The van der Waals surface area contributed by atoms with Crippen molar-refractivity contribution in [3.63, 3.8) is 0 Å². The lowest BCUT2D eigenvalue weighted by atomic mass is 9.96. The summed E-state index contributed by atoms with van der Waals surface area (Å²) in [5.41, 5.74) is 1.75. The van der Waals surface area contributed by atoms with Crippen LogP contribution in [-0.2, 0) is 6.42 Å². The summed E-state index contributed by atoms with van der Waals surface area (Å²) in [5.74, 6) is 0.924. The van der Waals surface area contributed by atoms with Gasteiger partial charge in [-0.1, -0.05) is 13.3 Å². The fraction of sp³-hybridized carbons (Fsp3) is 0.647. The van der Waals surface area contributed by atoms with E-state index in [1.807, 2.05) is 24.1 Å². The number of rotatable bonds is 4. The topological polar surface area (TPSA) is 45.2 Å². The maximum atomic E-state index is 12.9. The van der Waals surface area contributed by atoms with Crippen molar-refractivity contribution in [1.29, 1.82) is 0 Å². The summed E-state index contributed by atoms with van der Waals surface area (Å²) in [6.45, 7) is 6.44. The second-order valence-corrected chi connectivity index (χ2v) is 6.07. The van der Waals surface area contributed by atoms with Crippen molar-refractivity contribution in [2.45, 2.75) is 65.0 Å². The molecule has 2 atom stereocenters. The first-order valence-corrected chi connectivity index (χ1v) is 8.08. The number of aromatic nitrogens is 1. The number of carbonyl (C=O) groups excluding carboxylic acids is 1. The third kappa shape index (κ3) is 3.55. The SMILES string of the molecule is CCCc1cc(C(=O)N2[C@H](C)CCC[C@@H]2C)cc(NC)n1. The summed E-state index contributed by atoms with van der Waals surface area (Å²) >= 11 is 0. The van der Waals surface area contributed by atoms with E-state index in [2.05, 4.69) is 31.1 Å². The van der Waals surface area contributed by atoms with Gasteiger partial charge in [-0.05, 0) is 51.7 Å². The number of pyridine rings is 1. The second-order valence-electron chi connectivity index (χ2n) is 6.07. The Labute approximate surface area is 127 Å². The molecule has 0 saturated carbocycles. The first kappa shape index (κ1) is 15.8. The molecule has 0 aromatic carbocycles. The standard InChI is InChI=1S/C17H27N3O/c1-5-7-15-10-14(11-16(18-4)19-15)17(21)20-12(2)8-6-9-13(20)3/h10-13H,5-9H2,1-4H3,(H,18,19)/t12-,13+. The molecule has 0 radical (unpaired) electrons.